The summed E-state index contributed by atoms with van der Waals surface area (Å²) in [6.45, 7) is 8.14. The minimum atomic E-state index is -1.06. The van der Waals surface area contributed by atoms with Crippen LogP contribution in [0.15, 0.2) is 71.5 Å². The molecule has 1 atom stereocenters. The first-order chi connectivity index (χ1) is 16.1. The summed E-state index contributed by atoms with van der Waals surface area (Å²) in [5, 5.41) is 6.78. The number of amides is 1. The summed E-state index contributed by atoms with van der Waals surface area (Å²) in [6.07, 6.45) is -1.06. The summed E-state index contributed by atoms with van der Waals surface area (Å²) in [6, 6.07) is 19.2. The van der Waals surface area contributed by atoms with Crippen LogP contribution >= 0.6 is 0 Å². The van der Waals surface area contributed by atoms with Crippen molar-refractivity contribution in [3.8, 4) is 5.75 Å². The van der Waals surface area contributed by atoms with Gasteiger partial charge in [-0.05, 0) is 48.2 Å². The molecule has 0 saturated heterocycles. The number of ether oxygens (including phenoxy) is 2. The van der Waals surface area contributed by atoms with Crippen molar-refractivity contribution in [3.05, 3.63) is 88.3 Å². The highest BCUT2D eigenvalue weighted by molar-refractivity contribution is 5.96. The lowest BCUT2D eigenvalue weighted by Crippen LogP contribution is -2.32. The molecule has 0 bridgehead atoms. The van der Waals surface area contributed by atoms with Gasteiger partial charge in [0.15, 0.2) is 11.8 Å². The van der Waals surface area contributed by atoms with E-state index in [1.165, 1.54) is 19.1 Å². The Morgan fingerprint density at radius 2 is 1.68 bits per heavy atom. The quantitative estimate of drug-likeness (QED) is 0.510. The molecular formula is C26H29N3O5. The molecule has 1 N–H and O–H groups in total. The third-order valence-electron chi connectivity index (χ3n) is 5.06. The SMILES string of the molecule is CC(OC(=O)c1ccc(=O)n(CCOc2ccccc2)n1)C(=O)Nc1ccc(C(C)(C)C)cc1. The smallest absolute Gasteiger partial charge is 0.359 e. The van der Waals surface area contributed by atoms with Gasteiger partial charge in [0.25, 0.3) is 11.5 Å². The molecule has 0 aliphatic heterocycles. The maximum Gasteiger partial charge on any atom is 0.359 e. The molecule has 8 heteroatoms. The van der Waals surface area contributed by atoms with Gasteiger partial charge >= 0.3 is 5.97 Å². The van der Waals surface area contributed by atoms with Gasteiger partial charge in [0.2, 0.25) is 0 Å². The molecule has 1 aromatic heterocycles. The Morgan fingerprint density at radius 3 is 2.32 bits per heavy atom. The number of esters is 1. The number of carbonyl (C=O) groups excluding carboxylic acids is 2. The van der Waals surface area contributed by atoms with E-state index in [2.05, 4.69) is 31.2 Å². The van der Waals surface area contributed by atoms with Crippen molar-refractivity contribution in [2.24, 2.45) is 0 Å². The normalized spacial score (nSPS) is 12.0. The zero-order chi connectivity index (χ0) is 24.7. The third-order valence-corrected chi connectivity index (χ3v) is 5.06. The Labute approximate surface area is 198 Å². The third kappa shape index (κ3) is 6.78. The molecule has 3 aromatic rings. The van der Waals surface area contributed by atoms with Crippen LogP contribution < -0.4 is 15.6 Å². The van der Waals surface area contributed by atoms with Gasteiger partial charge in [0.1, 0.15) is 12.4 Å². The fourth-order valence-electron chi connectivity index (χ4n) is 3.06. The molecule has 34 heavy (non-hydrogen) atoms. The molecule has 178 valence electrons. The lowest BCUT2D eigenvalue weighted by Gasteiger charge is -2.19. The summed E-state index contributed by atoms with van der Waals surface area (Å²) < 4.78 is 12.0. The first kappa shape index (κ1) is 24.7. The van der Waals surface area contributed by atoms with Gasteiger partial charge in [-0.1, -0.05) is 51.1 Å². The van der Waals surface area contributed by atoms with E-state index in [9.17, 15) is 14.4 Å². The minimum absolute atomic E-state index is 0.00252. The van der Waals surface area contributed by atoms with E-state index in [0.717, 1.165) is 10.2 Å². The number of hydrogen-bond donors (Lipinski definition) is 1. The molecule has 1 unspecified atom stereocenters. The highest BCUT2D eigenvalue weighted by Crippen LogP contribution is 2.23. The lowest BCUT2D eigenvalue weighted by atomic mass is 9.87. The molecule has 3 rings (SSSR count). The highest BCUT2D eigenvalue weighted by Gasteiger charge is 2.21. The van der Waals surface area contributed by atoms with Gasteiger partial charge < -0.3 is 14.8 Å². The van der Waals surface area contributed by atoms with Crippen LogP contribution in [0, 0.1) is 0 Å². The first-order valence-electron chi connectivity index (χ1n) is 11.0. The maximum atomic E-state index is 12.5. The highest BCUT2D eigenvalue weighted by atomic mass is 16.5. The number of aromatic nitrogens is 2. The van der Waals surface area contributed by atoms with Gasteiger partial charge in [0.05, 0.1) is 6.54 Å². The van der Waals surface area contributed by atoms with Crippen molar-refractivity contribution in [3.63, 3.8) is 0 Å². The summed E-state index contributed by atoms with van der Waals surface area (Å²) >= 11 is 0. The van der Waals surface area contributed by atoms with Gasteiger partial charge in [-0.3, -0.25) is 9.59 Å². The van der Waals surface area contributed by atoms with Crippen LogP contribution in [0.2, 0.25) is 0 Å². The van der Waals surface area contributed by atoms with Crippen molar-refractivity contribution in [1.29, 1.82) is 0 Å². The van der Waals surface area contributed by atoms with Crippen LogP contribution in [0.1, 0.15) is 43.7 Å². The zero-order valence-corrected chi connectivity index (χ0v) is 19.8. The van der Waals surface area contributed by atoms with Crippen LogP contribution in [-0.4, -0.2) is 34.4 Å². The van der Waals surface area contributed by atoms with E-state index < -0.39 is 18.0 Å². The topological polar surface area (TPSA) is 99.5 Å². The predicted molar refractivity (Wildman–Crippen MR) is 129 cm³/mol. The average molecular weight is 464 g/mol. The Balaban J connectivity index is 1.57. The summed E-state index contributed by atoms with van der Waals surface area (Å²) in [4.78, 5) is 37.1. The Hall–Kier alpha value is -3.94. The van der Waals surface area contributed by atoms with E-state index in [4.69, 9.17) is 9.47 Å². The largest absolute Gasteiger partial charge is 0.492 e. The van der Waals surface area contributed by atoms with Crippen molar-refractivity contribution < 1.29 is 19.1 Å². The number of anilines is 1. The first-order valence-corrected chi connectivity index (χ1v) is 11.0. The molecule has 8 nitrogen and oxygen atoms in total. The van der Waals surface area contributed by atoms with Crippen LogP contribution in [-0.2, 0) is 21.5 Å². The Kier molecular flexibility index (Phi) is 7.83. The second-order valence-corrected chi connectivity index (χ2v) is 8.81. The van der Waals surface area contributed by atoms with Crippen LogP contribution in [0.4, 0.5) is 5.69 Å². The van der Waals surface area contributed by atoms with E-state index in [1.807, 2.05) is 42.5 Å². The number of carbonyl (C=O) groups is 2. The molecule has 0 radical (unpaired) electrons. The van der Waals surface area contributed by atoms with Crippen molar-refractivity contribution in [2.75, 3.05) is 11.9 Å². The van der Waals surface area contributed by atoms with Crippen LogP contribution in [0.25, 0.3) is 0 Å². The van der Waals surface area contributed by atoms with Crippen LogP contribution in [0.3, 0.4) is 0 Å². The molecule has 0 aliphatic carbocycles. The molecule has 0 aliphatic rings. The van der Waals surface area contributed by atoms with Crippen LogP contribution in [0.5, 0.6) is 5.75 Å². The number of rotatable bonds is 8. The maximum absolute atomic E-state index is 12.5. The van der Waals surface area contributed by atoms with Gasteiger partial charge in [-0.15, -0.1) is 0 Å². The summed E-state index contributed by atoms with van der Waals surface area (Å²) in [5.74, 6) is -0.608. The Morgan fingerprint density at radius 1 is 1.00 bits per heavy atom. The Bertz CT molecular complexity index is 1180. The fourth-order valence-corrected chi connectivity index (χ4v) is 3.06. The fraction of sp³-hybridized carbons (Fsp3) is 0.308. The molecule has 2 aromatic carbocycles. The monoisotopic (exact) mass is 463 g/mol. The van der Waals surface area contributed by atoms with Gasteiger partial charge in [-0.2, -0.15) is 5.10 Å². The molecular weight excluding hydrogens is 434 g/mol. The molecule has 0 spiro atoms. The molecule has 0 fully saturated rings. The van der Waals surface area contributed by atoms with Crippen molar-refractivity contribution in [2.45, 2.75) is 45.8 Å². The second kappa shape index (κ2) is 10.8. The minimum Gasteiger partial charge on any atom is -0.492 e. The summed E-state index contributed by atoms with van der Waals surface area (Å²) in [7, 11) is 0. The standard InChI is InChI=1S/C26H29N3O5/c1-18(24(31)27-20-12-10-19(11-13-20)26(2,3)4)34-25(32)22-14-15-23(30)29(28-22)16-17-33-21-8-6-5-7-9-21/h5-15,18H,16-17H2,1-4H3,(H,27,31). The van der Waals surface area contributed by atoms with E-state index in [0.29, 0.717) is 11.4 Å². The number of benzene rings is 2. The van der Waals surface area contributed by atoms with Gasteiger partial charge in [-0.25, -0.2) is 9.48 Å². The predicted octanol–water partition coefficient (Wildman–Crippen LogP) is 3.80. The van der Waals surface area contributed by atoms with E-state index in [-0.39, 0.29) is 29.8 Å². The molecule has 1 heterocycles. The number of nitrogens with one attached hydrogen (secondary N) is 1. The number of hydrogen-bond acceptors (Lipinski definition) is 6. The average Bonchev–Trinajstić information content (AvgIpc) is 2.80. The lowest BCUT2D eigenvalue weighted by molar-refractivity contribution is -0.123. The van der Waals surface area contributed by atoms with E-state index >= 15 is 0 Å². The van der Waals surface area contributed by atoms with Gasteiger partial charge in [0, 0.05) is 11.8 Å². The number of nitrogens with zero attached hydrogens (tertiary/aromatic N) is 2. The van der Waals surface area contributed by atoms with E-state index in [1.54, 1.807) is 12.1 Å². The summed E-state index contributed by atoms with van der Waals surface area (Å²) in [5.41, 5.74) is 1.29. The zero-order valence-electron chi connectivity index (χ0n) is 19.8. The molecule has 1 amide bonds. The second-order valence-electron chi connectivity index (χ2n) is 8.81. The van der Waals surface area contributed by atoms with Crippen molar-refractivity contribution in [1.82, 2.24) is 9.78 Å². The number of para-hydroxylation sites is 1. The van der Waals surface area contributed by atoms with Crippen molar-refractivity contribution >= 4 is 17.6 Å². The molecule has 0 saturated carbocycles.